The lowest BCUT2D eigenvalue weighted by molar-refractivity contribution is -0.118. The van der Waals surface area contributed by atoms with Crippen LogP contribution in [0.1, 0.15) is 19.8 Å². The maximum Gasteiger partial charge on any atom is 0.230 e. The summed E-state index contributed by atoms with van der Waals surface area (Å²) < 4.78 is 0. The van der Waals surface area contributed by atoms with Crippen LogP contribution in [0.3, 0.4) is 0 Å². The zero-order chi connectivity index (χ0) is 16.8. The van der Waals surface area contributed by atoms with Gasteiger partial charge in [-0.1, -0.05) is 55.4 Å². The van der Waals surface area contributed by atoms with E-state index in [1.165, 1.54) is 11.8 Å². The third-order valence-electron chi connectivity index (χ3n) is 3.61. The molecule has 2 aromatic heterocycles. The molecule has 0 fully saturated rings. The van der Waals surface area contributed by atoms with Gasteiger partial charge in [-0.15, -0.1) is 11.3 Å². The minimum Gasteiger partial charge on any atom is -0.355 e. The second-order valence-corrected chi connectivity index (χ2v) is 7.19. The average molecular weight is 358 g/mol. The van der Waals surface area contributed by atoms with E-state index < -0.39 is 0 Å². The van der Waals surface area contributed by atoms with Crippen LogP contribution in [0.2, 0.25) is 0 Å². The van der Waals surface area contributed by atoms with Crippen LogP contribution in [0.15, 0.2) is 47.1 Å². The minimum atomic E-state index is 0.0525. The number of amides is 1. The molecule has 0 saturated heterocycles. The Morgan fingerprint density at radius 2 is 2.08 bits per heavy atom. The summed E-state index contributed by atoms with van der Waals surface area (Å²) in [4.78, 5) is 21.7. The lowest BCUT2D eigenvalue weighted by Crippen LogP contribution is -2.26. The topological polar surface area (TPSA) is 54.9 Å². The maximum absolute atomic E-state index is 11.9. The first-order valence-corrected chi connectivity index (χ1v) is 9.83. The molecule has 0 radical (unpaired) electrons. The summed E-state index contributed by atoms with van der Waals surface area (Å²) >= 11 is 3.08. The highest BCUT2D eigenvalue weighted by Gasteiger charge is 2.14. The molecule has 0 atom stereocenters. The molecule has 0 aliphatic heterocycles. The molecule has 3 aromatic rings. The molecule has 124 valence electrons. The Morgan fingerprint density at radius 3 is 2.88 bits per heavy atom. The number of carbonyl (C=O) groups excluding carboxylic acids is 1. The van der Waals surface area contributed by atoms with Crippen LogP contribution in [0.25, 0.3) is 21.3 Å². The number of nitrogens with zero attached hydrogens (tertiary/aromatic N) is 2. The van der Waals surface area contributed by atoms with Crippen molar-refractivity contribution in [1.82, 2.24) is 15.3 Å². The molecular formula is C18H19N3OS2. The summed E-state index contributed by atoms with van der Waals surface area (Å²) in [5, 5.41) is 6.96. The molecule has 3 rings (SSSR count). The van der Waals surface area contributed by atoms with Crippen molar-refractivity contribution in [3.05, 3.63) is 42.0 Å². The first-order chi connectivity index (χ1) is 11.8. The summed E-state index contributed by atoms with van der Waals surface area (Å²) in [7, 11) is 0. The molecule has 1 aromatic carbocycles. The van der Waals surface area contributed by atoms with Gasteiger partial charge in [0, 0.05) is 17.5 Å². The van der Waals surface area contributed by atoms with E-state index in [1.54, 1.807) is 17.7 Å². The number of aromatic nitrogens is 2. The van der Waals surface area contributed by atoms with E-state index in [1.807, 2.05) is 18.2 Å². The van der Waals surface area contributed by atoms with Crippen molar-refractivity contribution in [2.75, 3.05) is 12.3 Å². The molecule has 0 unspecified atom stereocenters. The van der Waals surface area contributed by atoms with Gasteiger partial charge in [-0.05, 0) is 12.0 Å². The molecule has 4 nitrogen and oxygen atoms in total. The molecular weight excluding hydrogens is 338 g/mol. The minimum absolute atomic E-state index is 0.0525. The van der Waals surface area contributed by atoms with Gasteiger partial charge in [0.25, 0.3) is 0 Å². The predicted octanol–water partition coefficient (Wildman–Crippen LogP) is 4.37. The van der Waals surface area contributed by atoms with Crippen molar-refractivity contribution in [3.63, 3.8) is 0 Å². The molecule has 1 N–H and O–H groups in total. The fraction of sp³-hybridized carbons (Fsp3) is 0.278. The predicted molar refractivity (Wildman–Crippen MR) is 101 cm³/mol. The van der Waals surface area contributed by atoms with Gasteiger partial charge in [0.1, 0.15) is 16.2 Å². The molecule has 0 aliphatic carbocycles. The highest BCUT2D eigenvalue weighted by molar-refractivity contribution is 8.00. The smallest absolute Gasteiger partial charge is 0.230 e. The van der Waals surface area contributed by atoms with Crippen molar-refractivity contribution in [2.45, 2.75) is 24.8 Å². The maximum atomic E-state index is 11.9. The number of thioether (sulfide) groups is 1. The number of unbranched alkanes of at least 4 members (excludes halogenated alkanes) is 1. The quantitative estimate of drug-likeness (QED) is 0.388. The van der Waals surface area contributed by atoms with E-state index >= 15 is 0 Å². The molecule has 0 aliphatic rings. The van der Waals surface area contributed by atoms with Gasteiger partial charge in [-0.25, -0.2) is 9.97 Å². The number of nitrogens with one attached hydrogen (secondary N) is 1. The summed E-state index contributed by atoms with van der Waals surface area (Å²) in [6, 6.07) is 10.2. The largest absolute Gasteiger partial charge is 0.355 e. The standard InChI is InChI=1S/C18H19N3OS2/c1-2-3-9-19-15(22)11-24-18-16-14(13-7-5-4-6-8-13)10-23-17(16)20-12-21-18/h4-8,10,12H,2-3,9,11H2,1H3,(H,19,22). The van der Waals surface area contributed by atoms with Crippen molar-refractivity contribution >= 4 is 39.2 Å². The Labute approximate surface area is 149 Å². The van der Waals surface area contributed by atoms with E-state index in [4.69, 9.17) is 0 Å². The Morgan fingerprint density at radius 1 is 1.25 bits per heavy atom. The Bertz CT molecular complexity index is 818. The van der Waals surface area contributed by atoms with Crippen LogP contribution in [0.5, 0.6) is 0 Å². The van der Waals surface area contributed by atoms with Crippen LogP contribution >= 0.6 is 23.1 Å². The first-order valence-electron chi connectivity index (χ1n) is 7.96. The Hall–Kier alpha value is -1.92. The van der Waals surface area contributed by atoms with Gasteiger partial charge in [0.15, 0.2) is 0 Å². The molecule has 0 spiro atoms. The molecule has 2 heterocycles. The number of fused-ring (bicyclic) bond motifs is 1. The van der Waals surface area contributed by atoms with E-state index in [2.05, 4.69) is 39.7 Å². The van der Waals surface area contributed by atoms with Crippen LogP contribution in [-0.2, 0) is 4.79 Å². The summed E-state index contributed by atoms with van der Waals surface area (Å²) in [5.74, 6) is 0.427. The Balaban J connectivity index is 1.81. The highest BCUT2D eigenvalue weighted by atomic mass is 32.2. The van der Waals surface area contributed by atoms with Crippen molar-refractivity contribution < 1.29 is 4.79 Å². The average Bonchev–Trinajstić information content (AvgIpc) is 3.06. The number of benzene rings is 1. The lowest BCUT2D eigenvalue weighted by atomic mass is 10.1. The van der Waals surface area contributed by atoms with Crippen LogP contribution in [-0.4, -0.2) is 28.2 Å². The fourth-order valence-electron chi connectivity index (χ4n) is 2.38. The van der Waals surface area contributed by atoms with Crippen LogP contribution in [0.4, 0.5) is 0 Å². The molecule has 0 saturated carbocycles. The van der Waals surface area contributed by atoms with Crippen molar-refractivity contribution in [3.8, 4) is 11.1 Å². The molecule has 0 bridgehead atoms. The third kappa shape index (κ3) is 3.94. The number of carbonyl (C=O) groups is 1. The second-order valence-electron chi connectivity index (χ2n) is 5.37. The van der Waals surface area contributed by atoms with E-state index in [0.29, 0.717) is 5.75 Å². The van der Waals surface area contributed by atoms with E-state index in [0.717, 1.165) is 45.8 Å². The molecule has 1 amide bonds. The summed E-state index contributed by atoms with van der Waals surface area (Å²) in [6.07, 6.45) is 3.66. The van der Waals surface area contributed by atoms with Gasteiger partial charge in [-0.3, -0.25) is 4.79 Å². The SMILES string of the molecule is CCCCNC(=O)CSc1ncnc2scc(-c3ccccc3)c12. The highest BCUT2D eigenvalue weighted by Crippen LogP contribution is 2.37. The normalized spacial score (nSPS) is 10.9. The zero-order valence-corrected chi connectivity index (χ0v) is 15.1. The second kappa shape index (κ2) is 8.26. The van der Waals surface area contributed by atoms with E-state index in [9.17, 15) is 4.79 Å². The summed E-state index contributed by atoms with van der Waals surface area (Å²) in [6.45, 7) is 2.85. The van der Waals surface area contributed by atoms with Gasteiger partial charge >= 0.3 is 0 Å². The van der Waals surface area contributed by atoms with E-state index in [-0.39, 0.29) is 5.91 Å². The van der Waals surface area contributed by atoms with Gasteiger partial charge in [0.2, 0.25) is 5.91 Å². The Kier molecular flexibility index (Phi) is 5.82. The van der Waals surface area contributed by atoms with Gasteiger partial charge in [0.05, 0.1) is 11.1 Å². The number of hydrogen-bond donors (Lipinski definition) is 1. The van der Waals surface area contributed by atoms with Crippen LogP contribution < -0.4 is 5.32 Å². The number of rotatable bonds is 7. The first kappa shape index (κ1) is 16.9. The zero-order valence-electron chi connectivity index (χ0n) is 13.5. The number of hydrogen-bond acceptors (Lipinski definition) is 5. The van der Waals surface area contributed by atoms with Crippen molar-refractivity contribution in [1.29, 1.82) is 0 Å². The van der Waals surface area contributed by atoms with Gasteiger partial charge < -0.3 is 5.32 Å². The van der Waals surface area contributed by atoms with Crippen LogP contribution in [0, 0.1) is 0 Å². The fourth-order valence-corrected chi connectivity index (χ4v) is 4.20. The third-order valence-corrected chi connectivity index (χ3v) is 5.49. The monoisotopic (exact) mass is 357 g/mol. The van der Waals surface area contributed by atoms with Gasteiger partial charge in [-0.2, -0.15) is 0 Å². The molecule has 24 heavy (non-hydrogen) atoms. The molecule has 6 heteroatoms. The summed E-state index contributed by atoms with van der Waals surface area (Å²) in [5.41, 5.74) is 2.28. The number of thiophene rings is 1. The van der Waals surface area contributed by atoms with Crippen molar-refractivity contribution in [2.24, 2.45) is 0 Å². The lowest BCUT2D eigenvalue weighted by Gasteiger charge is -2.06.